The molecule has 2 aromatic rings. The van der Waals surface area contributed by atoms with Crippen molar-refractivity contribution in [2.45, 2.75) is 39.2 Å². The number of likely N-dealkylation sites (N-methyl/N-ethyl adjacent to an activating group) is 1. The van der Waals surface area contributed by atoms with Gasteiger partial charge in [0.05, 0.1) is 5.69 Å². The third-order valence-electron chi connectivity index (χ3n) is 4.91. The number of nitrogens with zero attached hydrogens (tertiary/aromatic N) is 1. The lowest BCUT2D eigenvalue weighted by Gasteiger charge is -2.31. The number of urea groups is 1. The van der Waals surface area contributed by atoms with Crippen LogP contribution >= 0.6 is 0 Å². The summed E-state index contributed by atoms with van der Waals surface area (Å²) in [6.07, 6.45) is 2.98. The van der Waals surface area contributed by atoms with Crippen LogP contribution < -0.4 is 5.32 Å². The summed E-state index contributed by atoms with van der Waals surface area (Å²) >= 11 is 0. The van der Waals surface area contributed by atoms with Gasteiger partial charge in [-0.05, 0) is 56.7 Å². The summed E-state index contributed by atoms with van der Waals surface area (Å²) in [4.78, 5) is 14.5. The van der Waals surface area contributed by atoms with E-state index in [9.17, 15) is 13.6 Å². The van der Waals surface area contributed by atoms with E-state index in [0.717, 1.165) is 31.4 Å². The van der Waals surface area contributed by atoms with E-state index in [1.807, 2.05) is 13.8 Å². The molecule has 26 heavy (non-hydrogen) atoms. The van der Waals surface area contributed by atoms with E-state index in [0.29, 0.717) is 12.5 Å². The number of halogens is 2. The fraction of sp³-hybridized carbons (Fsp3) is 0.381. The summed E-state index contributed by atoms with van der Waals surface area (Å²) in [5, 5.41) is 2.59. The number of hydrogen-bond acceptors (Lipinski definition) is 1. The molecule has 0 aliphatic heterocycles. The van der Waals surface area contributed by atoms with Crippen LogP contribution in [0.15, 0.2) is 42.5 Å². The molecule has 1 aliphatic carbocycles. The molecule has 1 fully saturated rings. The fourth-order valence-electron chi connectivity index (χ4n) is 3.28. The number of benzene rings is 2. The van der Waals surface area contributed by atoms with Gasteiger partial charge in [-0.1, -0.05) is 29.8 Å². The van der Waals surface area contributed by atoms with Crippen LogP contribution in [0.1, 0.15) is 30.9 Å². The number of anilines is 1. The highest BCUT2D eigenvalue weighted by Gasteiger charge is 2.37. The summed E-state index contributed by atoms with van der Waals surface area (Å²) in [7, 11) is 0. The second-order valence-corrected chi connectivity index (χ2v) is 6.93. The minimum absolute atomic E-state index is 0.000247. The highest BCUT2D eigenvalue weighted by Crippen LogP contribution is 2.37. The Morgan fingerprint density at radius 1 is 1.19 bits per heavy atom. The first kappa shape index (κ1) is 18.4. The molecule has 1 saturated carbocycles. The number of rotatable bonds is 6. The predicted molar refractivity (Wildman–Crippen MR) is 99.2 cm³/mol. The molecule has 3 rings (SSSR count). The molecule has 2 aromatic carbocycles. The molecule has 0 saturated heterocycles. The first-order valence-electron chi connectivity index (χ1n) is 9.06. The smallest absolute Gasteiger partial charge is 0.321 e. The monoisotopic (exact) mass is 358 g/mol. The first-order chi connectivity index (χ1) is 12.5. The maximum Gasteiger partial charge on any atom is 0.322 e. The van der Waals surface area contributed by atoms with Gasteiger partial charge in [-0.2, -0.15) is 0 Å². The lowest BCUT2D eigenvalue weighted by Crippen LogP contribution is -2.45. The summed E-state index contributed by atoms with van der Waals surface area (Å²) in [6.45, 7) is 4.50. The van der Waals surface area contributed by atoms with E-state index in [2.05, 4.69) is 29.6 Å². The summed E-state index contributed by atoms with van der Waals surface area (Å²) < 4.78 is 26.9. The molecular weight excluding hydrogens is 334 g/mol. The molecule has 0 spiro atoms. The SMILES string of the molecule is CCN(C(=O)Nc1ccc(F)cc1F)[C@@H](Cc1ccc(C)cc1)C1CC1. The molecule has 1 aliphatic rings. The van der Waals surface area contributed by atoms with Crippen molar-refractivity contribution in [1.82, 2.24) is 4.90 Å². The molecule has 0 heterocycles. The summed E-state index contributed by atoms with van der Waals surface area (Å²) in [6, 6.07) is 11.2. The van der Waals surface area contributed by atoms with Crippen molar-refractivity contribution in [2.24, 2.45) is 5.92 Å². The molecule has 138 valence electrons. The van der Waals surface area contributed by atoms with E-state index in [4.69, 9.17) is 0 Å². The average molecular weight is 358 g/mol. The number of amides is 2. The van der Waals surface area contributed by atoms with Crippen LogP contribution in [0.2, 0.25) is 0 Å². The minimum Gasteiger partial charge on any atom is -0.321 e. The topological polar surface area (TPSA) is 32.3 Å². The van der Waals surface area contributed by atoms with E-state index in [1.165, 1.54) is 17.2 Å². The van der Waals surface area contributed by atoms with Gasteiger partial charge in [0.15, 0.2) is 0 Å². The molecule has 3 nitrogen and oxygen atoms in total. The maximum atomic E-state index is 13.9. The normalized spacial score (nSPS) is 14.8. The molecule has 0 unspecified atom stereocenters. The van der Waals surface area contributed by atoms with E-state index < -0.39 is 11.6 Å². The van der Waals surface area contributed by atoms with Crippen molar-refractivity contribution in [3.8, 4) is 0 Å². The number of carbonyl (C=O) groups excluding carboxylic acids is 1. The van der Waals surface area contributed by atoms with E-state index in [-0.39, 0.29) is 17.8 Å². The van der Waals surface area contributed by atoms with Crippen molar-refractivity contribution in [3.63, 3.8) is 0 Å². The van der Waals surface area contributed by atoms with Crippen molar-refractivity contribution >= 4 is 11.7 Å². The number of aryl methyl sites for hydroxylation is 1. The Labute approximate surface area is 153 Å². The Balaban J connectivity index is 1.75. The zero-order valence-electron chi connectivity index (χ0n) is 15.1. The van der Waals surface area contributed by atoms with Gasteiger partial charge in [0.1, 0.15) is 11.6 Å². The number of nitrogens with one attached hydrogen (secondary N) is 1. The van der Waals surface area contributed by atoms with Gasteiger partial charge in [-0.25, -0.2) is 13.6 Å². The Hall–Kier alpha value is -2.43. The van der Waals surface area contributed by atoms with Gasteiger partial charge in [0.25, 0.3) is 0 Å². The molecule has 0 aromatic heterocycles. The molecule has 0 radical (unpaired) electrons. The van der Waals surface area contributed by atoms with Crippen LogP contribution in [-0.4, -0.2) is 23.5 Å². The van der Waals surface area contributed by atoms with Crippen LogP contribution in [0.25, 0.3) is 0 Å². The second kappa shape index (κ2) is 7.85. The van der Waals surface area contributed by atoms with Gasteiger partial charge in [0, 0.05) is 18.7 Å². The first-order valence-corrected chi connectivity index (χ1v) is 9.06. The summed E-state index contributed by atoms with van der Waals surface area (Å²) in [5.74, 6) is -0.959. The largest absolute Gasteiger partial charge is 0.322 e. The van der Waals surface area contributed by atoms with Crippen molar-refractivity contribution in [1.29, 1.82) is 0 Å². The van der Waals surface area contributed by atoms with Gasteiger partial charge in [-0.15, -0.1) is 0 Å². The zero-order valence-corrected chi connectivity index (χ0v) is 15.1. The third-order valence-corrected chi connectivity index (χ3v) is 4.91. The predicted octanol–water partition coefficient (Wildman–Crippen LogP) is 5.15. The average Bonchev–Trinajstić information content (AvgIpc) is 3.44. The van der Waals surface area contributed by atoms with Crippen LogP contribution in [0.4, 0.5) is 19.3 Å². The molecule has 2 amide bonds. The van der Waals surface area contributed by atoms with Crippen molar-refractivity contribution in [3.05, 3.63) is 65.2 Å². The zero-order chi connectivity index (χ0) is 18.7. The van der Waals surface area contributed by atoms with E-state index in [1.54, 1.807) is 4.90 Å². The van der Waals surface area contributed by atoms with Gasteiger partial charge >= 0.3 is 6.03 Å². The third kappa shape index (κ3) is 4.40. The van der Waals surface area contributed by atoms with Crippen molar-refractivity contribution < 1.29 is 13.6 Å². The Morgan fingerprint density at radius 2 is 1.88 bits per heavy atom. The molecule has 0 bridgehead atoms. The quantitative estimate of drug-likeness (QED) is 0.761. The lowest BCUT2D eigenvalue weighted by atomic mass is 10.00. The minimum atomic E-state index is -0.768. The Morgan fingerprint density at radius 3 is 2.46 bits per heavy atom. The maximum absolute atomic E-state index is 13.9. The number of hydrogen-bond donors (Lipinski definition) is 1. The Kier molecular flexibility index (Phi) is 5.55. The highest BCUT2D eigenvalue weighted by molar-refractivity contribution is 5.89. The van der Waals surface area contributed by atoms with Crippen molar-refractivity contribution in [2.75, 3.05) is 11.9 Å². The van der Waals surface area contributed by atoms with Gasteiger partial charge in [0.2, 0.25) is 0 Å². The van der Waals surface area contributed by atoms with Crippen LogP contribution in [0, 0.1) is 24.5 Å². The molecular formula is C21H24F2N2O. The van der Waals surface area contributed by atoms with Crippen LogP contribution in [0.3, 0.4) is 0 Å². The highest BCUT2D eigenvalue weighted by atomic mass is 19.1. The van der Waals surface area contributed by atoms with Crippen LogP contribution in [0.5, 0.6) is 0 Å². The summed E-state index contributed by atoms with van der Waals surface area (Å²) in [5.41, 5.74) is 2.39. The van der Waals surface area contributed by atoms with Crippen LogP contribution in [-0.2, 0) is 6.42 Å². The van der Waals surface area contributed by atoms with E-state index >= 15 is 0 Å². The Bertz CT molecular complexity index is 772. The molecule has 5 heteroatoms. The lowest BCUT2D eigenvalue weighted by molar-refractivity contribution is 0.182. The standard InChI is InChI=1S/C21H24F2N2O/c1-3-25(21(26)24-19-11-10-17(22)13-18(19)23)20(16-8-9-16)12-15-6-4-14(2)5-7-15/h4-7,10-11,13,16,20H,3,8-9,12H2,1-2H3,(H,24,26)/t20-/m0/s1. The van der Waals surface area contributed by atoms with Gasteiger partial charge < -0.3 is 10.2 Å². The second-order valence-electron chi connectivity index (χ2n) is 6.93. The molecule has 1 atom stereocenters. The molecule has 1 N–H and O–H groups in total. The van der Waals surface area contributed by atoms with Gasteiger partial charge in [-0.3, -0.25) is 0 Å². The number of carbonyl (C=O) groups is 1. The fourth-order valence-corrected chi connectivity index (χ4v) is 3.28.